The Labute approximate surface area is 107 Å². The Bertz CT molecular complexity index is 379. The van der Waals surface area contributed by atoms with E-state index in [1.54, 1.807) is 0 Å². The van der Waals surface area contributed by atoms with Crippen LogP contribution in [0.1, 0.15) is 24.0 Å². The molecular weight excluding hydrogens is 232 g/mol. The Morgan fingerprint density at radius 2 is 2.06 bits per heavy atom. The summed E-state index contributed by atoms with van der Waals surface area (Å²) in [4.78, 5) is 0. The number of hydrogen-bond acceptors (Lipinski definition) is 3. The molecule has 0 amide bonds. The number of benzene rings is 1. The van der Waals surface area contributed by atoms with Crippen molar-refractivity contribution >= 4 is 11.8 Å². The van der Waals surface area contributed by atoms with Crippen LogP contribution in [-0.4, -0.2) is 29.2 Å². The number of hydrogen-bond donors (Lipinski definition) is 2. The molecule has 2 nitrogen and oxygen atoms in total. The van der Waals surface area contributed by atoms with Gasteiger partial charge in [0.1, 0.15) is 0 Å². The number of aliphatic hydroxyl groups excluding tert-OH is 2. The molecule has 0 heterocycles. The lowest BCUT2D eigenvalue weighted by Crippen LogP contribution is -1.88. The molecule has 0 atom stereocenters. The molecule has 0 spiro atoms. The highest BCUT2D eigenvalue weighted by molar-refractivity contribution is 7.98. The molecule has 0 fully saturated rings. The van der Waals surface area contributed by atoms with Crippen LogP contribution in [0.4, 0.5) is 0 Å². The molecule has 0 saturated carbocycles. The van der Waals surface area contributed by atoms with Crippen molar-refractivity contribution in [2.45, 2.75) is 18.6 Å². The van der Waals surface area contributed by atoms with Gasteiger partial charge in [-0.2, -0.15) is 11.8 Å². The van der Waals surface area contributed by atoms with E-state index >= 15 is 0 Å². The van der Waals surface area contributed by atoms with Gasteiger partial charge in [-0.1, -0.05) is 24.0 Å². The molecule has 0 aliphatic rings. The molecule has 17 heavy (non-hydrogen) atoms. The SMILES string of the molecule is OCCC#Cc1cccc(CSCCCO)c1. The Morgan fingerprint density at radius 1 is 1.18 bits per heavy atom. The summed E-state index contributed by atoms with van der Waals surface area (Å²) in [5.74, 6) is 7.88. The van der Waals surface area contributed by atoms with Crippen LogP contribution >= 0.6 is 11.8 Å². The molecule has 0 aromatic heterocycles. The summed E-state index contributed by atoms with van der Waals surface area (Å²) in [6.07, 6.45) is 1.37. The summed E-state index contributed by atoms with van der Waals surface area (Å²) in [5.41, 5.74) is 2.25. The fraction of sp³-hybridized carbons (Fsp3) is 0.429. The van der Waals surface area contributed by atoms with Crippen molar-refractivity contribution < 1.29 is 10.2 Å². The molecule has 0 radical (unpaired) electrons. The lowest BCUT2D eigenvalue weighted by Gasteiger charge is -2.01. The van der Waals surface area contributed by atoms with E-state index in [4.69, 9.17) is 10.2 Å². The van der Waals surface area contributed by atoms with Crippen LogP contribution in [0, 0.1) is 11.8 Å². The molecule has 0 aliphatic carbocycles. The van der Waals surface area contributed by atoms with Gasteiger partial charge < -0.3 is 10.2 Å². The minimum Gasteiger partial charge on any atom is -0.396 e. The van der Waals surface area contributed by atoms with Crippen molar-refractivity contribution in [1.29, 1.82) is 0 Å². The van der Waals surface area contributed by atoms with Crippen LogP contribution in [0.5, 0.6) is 0 Å². The van der Waals surface area contributed by atoms with E-state index in [1.165, 1.54) is 5.56 Å². The van der Waals surface area contributed by atoms with E-state index in [2.05, 4.69) is 24.0 Å². The van der Waals surface area contributed by atoms with E-state index in [0.717, 1.165) is 23.5 Å². The van der Waals surface area contributed by atoms with Crippen molar-refractivity contribution in [1.82, 2.24) is 0 Å². The van der Waals surface area contributed by atoms with E-state index < -0.39 is 0 Å². The highest BCUT2D eigenvalue weighted by atomic mass is 32.2. The minimum atomic E-state index is 0.115. The van der Waals surface area contributed by atoms with E-state index in [-0.39, 0.29) is 13.2 Å². The molecule has 2 N–H and O–H groups in total. The normalized spacial score (nSPS) is 9.76. The molecule has 1 aromatic rings. The Hall–Kier alpha value is -0.950. The van der Waals surface area contributed by atoms with E-state index in [9.17, 15) is 0 Å². The highest BCUT2D eigenvalue weighted by Crippen LogP contribution is 2.14. The first-order chi connectivity index (χ1) is 8.36. The molecule has 1 aromatic carbocycles. The number of aliphatic hydroxyl groups is 2. The van der Waals surface area contributed by atoms with Crippen molar-refractivity contribution in [2.75, 3.05) is 19.0 Å². The summed E-state index contributed by atoms with van der Waals surface area (Å²) in [6.45, 7) is 0.378. The van der Waals surface area contributed by atoms with Crippen LogP contribution < -0.4 is 0 Å². The second-order valence-electron chi connectivity index (χ2n) is 3.61. The Balaban J connectivity index is 2.46. The van der Waals surface area contributed by atoms with Crippen molar-refractivity contribution in [2.24, 2.45) is 0 Å². The maximum absolute atomic E-state index is 8.68. The fourth-order valence-corrected chi connectivity index (χ4v) is 2.21. The standard InChI is InChI=1S/C14H18O2S/c15-8-2-1-5-13-6-3-7-14(11-13)12-17-10-4-9-16/h3,6-7,11,15-16H,2,4,8-10,12H2. The summed E-state index contributed by atoms with van der Waals surface area (Å²) < 4.78 is 0. The summed E-state index contributed by atoms with van der Waals surface area (Å²) in [6, 6.07) is 8.15. The molecule has 0 bridgehead atoms. The molecule has 0 aliphatic heterocycles. The Morgan fingerprint density at radius 3 is 2.82 bits per heavy atom. The van der Waals surface area contributed by atoms with E-state index in [1.807, 2.05) is 23.9 Å². The molecule has 92 valence electrons. The number of thioether (sulfide) groups is 1. The second kappa shape index (κ2) is 9.12. The smallest absolute Gasteiger partial charge is 0.0540 e. The molecular formula is C14H18O2S. The monoisotopic (exact) mass is 250 g/mol. The average Bonchev–Trinajstić information content (AvgIpc) is 2.36. The van der Waals surface area contributed by atoms with Crippen LogP contribution in [0.15, 0.2) is 24.3 Å². The van der Waals surface area contributed by atoms with Crippen LogP contribution in [-0.2, 0) is 5.75 Å². The van der Waals surface area contributed by atoms with Crippen molar-refractivity contribution in [3.05, 3.63) is 35.4 Å². The van der Waals surface area contributed by atoms with Crippen LogP contribution in [0.25, 0.3) is 0 Å². The zero-order valence-electron chi connectivity index (χ0n) is 9.85. The van der Waals surface area contributed by atoms with Gasteiger partial charge in [0.05, 0.1) is 6.61 Å². The van der Waals surface area contributed by atoms with Gasteiger partial charge in [0.2, 0.25) is 0 Å². The predicted octanol–water partition coefficient (Wildman–Crippen LogP) is 2.04. The zero-order chi connectivity index (χ0) is 12.3. The fourth-order valence-electron chi connectivity index (χ4n) is 1.32. The largest absolute Gasteiger partial charge is 0.396 e. The third-order valence-corrected chi connectivity index (χ3v) is 3.23. The average molecular weight is 250 g/mol. The summed E-state index contributed by atoms with van der Waals surface area (Å²) in [5, 5.41) is 17.3. The molecule has 0 saturated heterocycles. The van der Waals surface area contributed by atoms with Crippen molar-refractivity contribution in [3.8, 4) is 11.8 Å². The van der Waals surface area contributed by atoms with Gasteiger partial charge in [-0.3, -0.25) is 0 Å². The van der Waals surface area contributed by atoms with Crippen LogP contribution in [0.2, 0.25) is 0 Å². The van der Waals surface area contributed by atoms with Gasteiger partial charge >= 0.3 is 0 Å². The molecule has 1 rings (SSSR count). The first kappa shape index (κ1) is 14.1. The first-order valence-electron chi connectivity index (χ1n) is 5.74. The maximum Gasteiger partial charge on any atom is 0.0540 e. The van der Waals surface area contributed by atoms with Gasteiger partial charge in [0.15, 0.2) is 0 Å². The minimum absolute atomic E-state index is 0.115. The molecule has 3 heteroatoms. The van der Waals surface area contributed by atoms with Gasteiger partial charge in [-0.25, -0.2) is 0 Å². The predicted molar refractivity (Wildman–Crippen MR) is 72.9 cm³/mol. The zero-order valence-corrected chi connectivity index (χ0v) is 10.7. The third-order valence-electron chi connectivity index (χ3n) is 2.11. The lowest BCUT2D eigenvalue weighted by atomic mass is 10.1. The highest BCUT2D eigenvalue weighted by Gasteiger charge is 1.95. The van der Waals surface area contributed by atoms with E-state index in [0.29, 0.717) is 6.42 Å². The maximum atomic E-state index is 8.68. The lowest BCUT2D eigenvalue weighted by molar-refractivity contribution is 0.296. The molecule has 0 unspecified atom stereocenters. The van der Waals surface area contributed by atoms with Gasteiger partial charge in [-0.05, 0) is 29.9 Å². The van der Waals surface area contributed by atoms with Gasteiger partial charge in [0.25, 0.3) is 0 Å². The third kappa shape index (κ3) is 6.38. The van der Waals surface area contributed by atoms with Crippen LogP contribution in [0.3, 0.4) is 0 Å². The summed E-state index contributed by atoms with van der Waals surface area (Å²) >= 11 is 1.82. The number of rotatable bonds is 6. The van der Waals surface area contributed by atoms with Crippen molar-refractivity contribution in [3.63, 3.8) is 0 Å². The summed E-state index contributed by atoms with van der Waals surface area (Å²) in [7, 11) is 0. The first-order valence-corrected chi connectivity index (χ1v) is 6.89. The quantitative estimate of drug-likeness (QED) is 0.599. The van der Waals surface area contributed by atoms with Gasteiger partial charge in [-0.15, -0.1) is 0 Å². The second-order valence-corrected chi connectivity index (χ2v) is 4.71. The topological polar surface area (TPSA) is 40.5 Å². The Kier molecular flexibility index (Phi) is 7.57. The van der Waals surface area contributed by atoms with Gasteiger partial charge in [0, 0.05) is 24.3 Å².